The Morgan fingerprint density at radius 1 is 1.07 bits per heavy atom. The van der Waals surface area contributed by atoms with Crippen LogP contribution < -0.4 is 10.2 Å². The zero-order valence-electron chi connectivity index (χ0n) is 23.2. The molecule has 1 N–H and O–H groups in total. The van der Waals surface area contributed by atoms with Gasteiger partial charge in [0.15, 0.2) is 5.82 Å². The SMILES string of the molecule is Cc1cc(-c2cc(C(=O)OCc3ccccc3)ccc2F)c(NC(=O)c2ccc(C#N)cc2)c(N2CCC(C)(I)C2)n1. The minimum absolute atomic E-state index is 0.00539. The van der Waals surface area contributed by atoms with Crippen LogP contribution in [0.1, 0.15) is 50.9 Å². The van der Waals surface area contributed by atoms with Gasteiger partial charge in [0.1, 0.15) is 12.4 Å². The number of benzene rings is 3. The van der Waals surface area contributed by atoms with Gasteiger partial charge in [-0.25, -0.2) is 14.2 Å². The van der Waals surface area contributed by atoms with Gasteiger partial charge in [-0.05, 0) is 74.4 Å². The molecular weight excluding hydrogens is 646 g/mol. The maximum Gasteiger partial charge on any atom is 0.338 e. The van der Waals surface area contributed by atoms with Crippen molar-refractivity contribution < 1.29 is 18.7 Å². The summed E-state index contributed by atoms with van der Waals surface area (Å²) >= 11 is 2.42. The Kier molecular flexibility index (Phi) is 8.54. The predicted octanol–water partition coefficient (Wildman–Crippen LogP) is 7.08. The Bertz CT molecular complexity index is 1680. The summed E-state index contributed by atoms with van der Waals surface area (Å²) in [6.07, 6.45) is 0.915. The van der Waals surface area contributed by atoms with E-state index in [2.05, 4.69) is 39.7 Å². The van der Waals surface area contributed by atoms with Crippen molar-refractivity contribution in [2.75, 3.05) is 23.3 Å². The van der Waals surface area contributed by atoms with Crippen molar-refractivity contribution in [1.29, 1.82) is 5.26 Å². The zero-order chi connectivity index (χ0) is 29.9. The summed E-state index contributed by atoms with van der Waals surface area (Å²) in [5.41, 5.74) is 3.31. The van der Waals surface area contributed by atoms with Crippen LogP contribution >= 0.6 is 22.6 Å². The first-order valence-corrected chi connectivity index (χ1v) is 14.5. The molecule has 1 saturated heterocycles. The second-order valence-corrected chi connectivity index (χ2v) is 13.1. The zero-order valence-corrected chi connectivity index (χ0v) is 25.3. The number of pyridine rings is 1. The van der Waals surface area contributed by atoms with E-state index in [9.17, 15) is 9.59 Å². The minimum Gasteiger partial charge on any atom is -0.457 e. The van der Waals surface area contributed by atoms with E-state index in [1.54, 1.807) is 30.3 Å². The Balaban J connectivity index is 1.55. The number of nitriles is 1. The van der Waals surface area contributed by atoms with Gasteiger partial charge in [-0.1, -0.05) is 52.9 Å². The van der Waals surface area contributed by atoms with Crippen LogP contribution in [0.5, 0.6) is 0 Å². The van der Waals surface area contributed by atoms with E-state index < -0.39 is 17.7 Å². The number of carbonyl (C=O) groups is 2. The van der Waals surface area contributed by atoms with E-state index in [1.807, 2.05) is 43.3 Å². The van der Waals surface area contributed by atoms with Crippen LogP contribution in [-0.2, 0) is 11.3 Å². The van der Waals surface area contributed by atoms with Gasteiger partial charge in [0, 0.05) is 38.9 Å². The molecule has 1 amide bonds. The standard InChI is InChI=1S/C33H28FIN4O3/c1-21-16-27(26-17-25(12-13-28(26)34)32(41)42-19-23-6-4-3-5-7-23)29(30(37-21)39-15-14-33(2,35)20-39)38-31(40)24-10-8-22(18-36)9-11-24/h3-13,16-17H,14-15,19-20H2,1-2H3,(H,38,40). The number of anilines is 2. The van der Waals surface area contributed by atoms with Gasteiger partial charge in [-0.3, -0.25) is 4.79 Å². The highest BCUT2D eigenvalue weighted by molar-refractivity contribution is 14.1. The lowest BCUT2D eigenvalue weighted by Crippen LogP contribution is -2.27. The van der Waals surface area contributed by atoms with Crippen molar-refractivity contribution in [2.24, 2.45) is 0 Å². The average Bonchev–Trinajstić information content (AvgIpc) is 3.36. The summed E-state index contributed by atoms with van der Waals surface area (Å²) in [7, 11) is 0. The molecular formula is C33H28FIN4O3. The summed E-state index contributed by atoms with van der Waals surface area (Å²) in [5, 5.41) is 12.1. The third kappa shape index (κ3) is 6.60. The van der Waals surface area contributed by atoms with Gasteiger partial charge in [-0.2, -0.15) is 5.26 Å². The molecule has 4 aromatic rings. The quantitative estimate of drug-likeness (QED) is 0.128. The van der Waals surface area contributed by atoms with E-state index in [4.69, 9.17) is 15.0 Å². The number of nitrogens with one attached hydrogen (secondary N) is 1. The molecule has 0 spiro atoms. The molecule has 1 aliphatic heterocycles. The molecule has 0 radical (unpaired) electrons. The largest absolute Gasteiger partial charge is 0.457 e. The lowest BCUT2D eigenvalue weighted by atomic mass is 9.99. The number of alkyl halides is 1. The lowest BCUT2D eigenvalue weighted by Gasteiger charge is -2.25. The fourth-order valence-corrected chi connectivity index (χ4v) is 5.53. The van der Waals surface area contributed by atoms with Crippen LogP contribution in [0.4, 0.5) is 15.9 Å². The fraction of sp³-hybridized carbons (Fsp3) is 0.212. The number of amides is 1. The number of hydrogen-bond donors (Lipinski definition) is 1. The fourth-order valence-electron chi connectivity index (χ4n) is 4.87. The number of ether oxygens (including phenoxy) is 1. The summed E-state index contributed by atoms with van der Waals surface area (Å²) in [6, 6.07) is 23.4. The average molecular weight is 675 g/mol. The molecule has 9 heteroatoms. The number of carbonyl (C=O) groups excluding carboxylic acids is 2. The first-order valence-electron chi connectivity index (χ1n) is 13.4. The van der Waals surface area contributed by atoms with E-state index >= 15 is 4.39 Å². The topological polar surface area (TPSA) is 95.3 Å². The maximum absolute atomic E-state index is 15.5. The molecule has 212 valence electrons. The van der Waals surface area contributed by atoms with Gasteiger partial charge in [-0.15, -0.1) is 0 Å². The number of aromatic nitrogens is 1. The van der Waals surface area contributed by atoms with Crippen LogP contribution in [0.3, 0.4) is 0 Å². The lowest BCUT2D eigenvalue weighted by molar-refractivity contribution is 0.0472. The normalized spacial score (nSPS) is 16.1. The molecule has 3 aromatic carbocycles. The molecule has 0 saturated carbocycles. The van der Waals surface area contributed by atoms with Crippen LogP contribution in [0.15, 0.2) is 78.9 Å². The van der Waals surface area contributed by atoms with Crippen molar-refractivity contribution in [3.63, 3.8) is 0 Å². The summed E-state index contributed by atoms with van der Waals surface area (Å²) < 4.78 is 21.0. The minimum atomic E-state index is -0.588. The number of halogens is 2. The molecule has 42 heavy (non-hydrogen) atoms. The Morgan fingerprint density at radius 3 is 2.45 bits per heavy atom. The molecule has 1 aromatic heterocycles. The number of nitrogens with zero attached hydrogens (tertiary/aromatic N) is 3. The highest BCUT2D eigenvalue weighted by atomic mass is 127. The van der Waals surface area contributed by atoms with Crippen LogP contribution in [0.2, 0.25) is 0 Å². The smallest absolute Gasteiger partial charge is 0.338 e. The number of esters is 1. The number of rotatable bonds is 7. The highest BCUT2D eigenvalue weighted by Crippen LogP contribution is 2.41. The van der Waals surface area contributed by atoms with E-state index in [-0.39, 0.29) is 21.2 Å². The molecule has 0 bridgehead atoms. The molecule has 1 aliphatic rings. The number of aryl methyl sites for hydroxylation is 1. The van der Waals surface area contributed by atoms with Crippen molar-refractivity contribution in [3.05, 3.63) is 113 Å². The first-order chi connectivity index (χ1) is 20.1. The van der Waals surface area contributed by atoms with Crippen LogP contribution in [0.25, 0.3) is 11.1 Å². The third-order valence-corrected chi connectivity index (χ3v) is 7.95. The molecule has 1 fully saturated rings. The molecule has 2 heterocycles. The Hall–Kier alpha value is -4.30. The second kappa shape index (κ2) is 12.3. The third-order valence-electron chi connectivity index (χ3n) is 7.07. The van der Waals surface area contributed by atoms with E-state index in [1.165, 1.54) is 18.2 Å². The number of hydrogen-bond acceptors (Lipinski definition) is 6. The van der Waals surface area contributed by atoms with Crippen LogP contribution in [0, 0.1) is 24.1 Å². The Labute approximate surface area is 257 Å². The van der Waals surface area contributed by atoms with Crippen LogP contribution in [-0.4, -0.2) is 33.4 Å². The van der Waals surface area contributed by atoms with Gasteiger partial charge < -0.3 is 15.0 Å². The van der Waals surface area contributed by atoms with E-state index in [0.29, 0.717) is 47.0 Å². The van der Waals surface area contributed by atoms with Gasteiger partial charge >= 0.3 is 5.97 Å². The highest BCUT2D eigenvalue weighted by Gasteiger charge is 2.34. The van der Waals surface area contributed by atoms with Crippen molar-refractivity contribution in [3.8, 4) is 17.2 Å². The van der Waals surface area contributed by atoms with E-state index in [0.717, 1.165) is 12.0 Å². The van der Waals surface area contributed by atoms with Gasteiger partial charge in [0.2, 0.25) is 0 Å². The van der Waals surface area contributed by atoms with Crippen molar-refractivity contribution >= 4 is 46.0 Å². The van der Waals surface area contributed by atoms with Crippen molar-refractivity contribution in [1.82, 2.24) is 4.98 Å². The molecule has 1 unspecified atom stereocenters. The molecule has 5 rings (SSSR count). The predicted molar refractivity (Wildman–Crippen MR) is 168 cm³/mol. The molecule has 7 nitrogen and oxygen atoms in total. The summed E-state index contributed by atoms with van der Waals surface area (Å²) in [4.78, 5) is 33.3. The maximum atomic E-state index is 15.5. The molecule has 0 aliphatic carbocycles. The first kappa shape index (κ1) is 29.2. The van der Waals surface area contributed by atoms with Crippen molar-refractivity contribution in [2.45, 2.75) is 30.3 Å². The monoisotopic (exact) mass is 674 g/mol. The Morgan fingerprint density at radius 2 is 1.79 bits per heavy atom. The second-order valence-electron chi connectivity index (χ2n) is 10.5. The molecule has 1 atom stereocenters. The summed E-state index contributed by atoms with van der Waals surface area (Å²) in [5.74, 6) is -1.04. The van der Waals surface area contributed by atoms with Gasteiger partial charge in [0.05, 0.1) is 22.9 Å². The summed E-state index contributed by atoms with van der Waals surface area (Å²) in [6.45, 7) is 5.46. The van der Waals surface area contributed by atoms with Gasteiger partial charge in [0.25, 0.3) is 5.91 Å².